The van der Waals surface area contributed by atoms with E-state index >= 15 is 0 Å². The van der Waals surface area contributed by atoms with Crippen LogP contribution in [0.3, 0.4) is 0 Å². The highest BCUT2D eigenvalue weighted by Crippen LogP contribution is 2.60. The van der Waals surface area contributed by atoms with Crippen molar-refractivity contribution in [1.82, 2.24) is 0 Å². The Morgan fingerprint density at radius 1 is 1.22 bits per heavy atom. The summed E-state index contributed by atoms with van der Waals surface area (Å²) >= 11 is 5.55. The van der Waals surface area contributed by atoms with Gasteiger partial charge in [0.05, 0.1) is 18.9 Å². The quantitative estimate of drug-likeness (QED) is 0.382. The van der Waals surface area contributed by atoms with Gasteiger partial charge in [-0.05, 0) is 27.7 Å². The fourth-order valence-corrected chi connectivity index (χ4v) is 4.33. The number of hydrogen-bond donors (Lipinski definition) is 1. The summed E-state index contributed by atoms with van der Waals surface area (Å²) in [6.07, 6.45) is -0.995. The zero-order chi connectivity index (χ0) is 14.2. The predicted molar refractivity (Wildman–Crippen MR) is 72.5 cm³/mol. The Bertz CT molecular complexity index is 268. The zero-order valence-electron chi connectivity index (χ0n) is 11.5. The van der Waals surface area contributed by atoms with Crippen LogP contribution in [0, 0.1) is 0 Å². The van der Waals surface area contributed by atoms with E-state index in [1.807, 2.05) is 0 Å². The molecule has 0 aromatic heterocycles. The molecule has 0 aliphatic rings. The van der Waals surface area contributed by atoms with Crippen molar-refractivity contribution in [1.29, 1.82) is 0 Å². The molecule has 0 aliphatic carbocycles. The van der Waals surface area contributed by atoms with E-state index in [4.69, 9.17) is 25.6 Å². The summed E-state index contributed by atoms with van der Waals surface area (Å²) in [5, 5.41) is 9.62. The van der Waals surface area contributed by atoms with Crippen molar-refractivity contribution in [2.75, 3.05) is 31.9 Å². The molecule has 0 aromatic carbocycles. The molecule has 18 heavy (non-hydrogen) atoms. The summed E-state index contributed by atoms with van der Waals surface area (Å²) in [6, 6.07) is 0. The van der Waals surface area contributed by atoms with Crippen molar-refractivity contribution >= 4 is 19.0 Å². The minimum absolute atomic E-state index is 0.00854. The van der Waals surface area contributed by atoms with Crippen molar-refractivity contribution in [3.05, 3.63) is 0 Å². The lowest BCUT2D eigenvalue weighted by molar-refractivity contribution is -0.168. The first-order chi connectivity index (χ1) is 8.39. The number of halogens is 1. The van der Waals surface area contributed by atoms with Crippen LogP contribution < -0.4 is 0 Å². The van der Waals surface area contributed by atoms with Crippen LogP contribution in [0.4, 0.5) is 0 Å². The van der Waals surface area contributed by atoms with Gasteiger partial charge in [0, 0.05) is 19.1 Å². The first-order valence-electron chi connectivity index (χ1n) is 6.14. The average Bonchev–Trinajstić information content (AvgIpc) is 2.29. The molecule has 0 amide bonds. The van der Waals surface area contributed by atoms with Crippen LogP contribution in [-0.4, -0.2) is 48.6 Å². The molecule has 7 heteroatoms. The molecular formula is C11H24ClO5P. The number of aliphatic hydroxyl groups is 1. The molecule has 5 nitrogen and oxygen atoms in total. The predicted octanol–water partition coefficient (Wildman–Crippen LogP) is 2.65. The van der Waals surface area contributed by atoms with Gasteiger partial charge in [-0.1, -0.05) is 0 Å². The summed E-state index contributed by atoms with van der Waals surface area (Å²) in [6.45, 7) is 7.81. The monoisotopic (exact) mass is 302 g/mol. The molecule has 0 aromatic rings. The highest BCUT2D eigenvalue weighted by atomic mass is 35.5. The van der Waals surface area contributed by atoms with Crippen LogP contribution >= 0.6 is 19.0 Å². The molecular weight excluding hydrogens is 279 g/mol. The SMILES string of the molecule is CCOC(C)(OCC)P(=O)(C[C@H](O)CCl)OCC. The number of hydrogen-bond acceptors (Lipinski definition) is 5. The number of alkyl halides is 1. The third kappa shape index (κ3) is 4.80. The lowest BCUT2D eigenvalue weighted by atomic mass is 10.5. The fraction of sp³-hybridized carbons (Fsp3) is 1.00. The van der Waals surface area contributed by atoms with E-state index in [2.05, 4.69) is 0 Å². The normalized spacial score (nSPS) is 17.4. The topological polar surface area (TPSA) is 65.0 Å². The zero-order valence-corrected chi connectivity index (χ0v) is 13.2. The Morgan fingerprint density at radius 3 is 2.06 bits per heavy atom. The summed E-state index contributed by atoms with van der Waals surface area (Å²) < 4.78 is 29.2. The van der Waals surface area contributed by atoms with Gasteiger partial charge in [-0.15, -0.1) is 11.6 Å². The average molecular weight is 303 g/mol. The molecule has 0 aliphatic heterocycles. The number of rotatable bonds is 10. The van der Waals surface area contributed by atoms with E-state index in [1.54, 1.807) is 27.7 Å². The number of ether oxygens (including phenoxy) is 2. The summed E-state index contributed by atoms with van der Waals surface area (Å²) in [5.41, 5.74) is -1.35. The van der Waals surface area contributed by atoms with Crippen LogP contribution in [0.2, 0.25) is 0 Å². The highest BCUT2D eigenvalue weighted by Gasteiger charge is 2.48. The molecule has 0 fully saturated rings. The van der Waals surface area contributed by atoms with E-state index < -0.39 is 19.0 Å². The third-order valence-corrected chi connectivity index (χ3v) is 5.84. The van der Waals surface area contributed by atoms with Crippen molar-refractivity contribution in [3.63, 3.8) is 0 Å². The molecule has 0 saturated heterocycles. The first kappa shape index (κ1) is 18.4. The van der Waals surface area contributed by atoms with Gasteiger partial charge in [0.25, 0.3) is 7.37 Å². The Hall–Kier alpha value is 0.360. The summed E-state index contributed by atoms with van der Waals surface area (Å²) in [5.74, 6) is -0.00854. The second-order valence-corrected chi connectivity index (χ2v) is 6.94. The lowest BCUT2D eigenvalue weighted by Gasteiger charge is -2.36. The van der Waals surface area contributed by atoms with Crippen molar-refractivity contribution in [2.45, 2.75) is 39.3 Å². The van der Waals surface area contributed by atoms with Crippen molar-refractivity contribution < 1.29 is 23.7 Å². The molecule has 110 valence electrons. The van der Waals surface area contributed by atoms with E-state index in [-0.39, 0.29) is 18.6 Å². The third-order valence-electron chi connectivity index (χ3n) is 2.41. The van der Waals surface area contributed by atoms with Gasteiger partial charge in [-0.3, -0.25) is 4.57 Å². The second-order valence-electron chi connectivity index (χ2n) is 3.85. The fourth-order valence-electron chi connectivity index (χ4n) is 1.64. The Kier molecular flexibility index (Phi) is 8.69. The van der Waals surface area contributed by atoms with Gasteiger partial charge in [-0.25, -0.2) is 0 Å². The van der Waals surface area contributed by atoms with E-state index in [0.717, 1.165) is 0 Å². The van der Waals surface area contributed by atoms with E-state index in [1.165, 1.54) is 0 Å². The molecule has 0 spiro atoms. The maximum atomic E-state index is 12.9. The van der Waals surface area contributed by atoms with Gasteiger partial charge in [0.1, 0.15) is 0 Å². The molecule has 1 unspecified atom stereocenters. The second kappa shape index (κ2) is 8.51. The molecule has 0 radical (unpaired) electrons. The minimum atomic E-state index is -3.33. The summed E-state index contributed by atoms with van der Waals surface area (Å²) in [4.78, 5) is 0. The van der Waals surface area contributed by atoms with Gasteiger partial charge in [-0.2, -0.15) is 0 Å². The Labute approximate surface area is 114 Å². The van der Waals surface area contributed by atoms with Crippen LogP contribution in [0.15, 0.2) is 0 Å². The maximum Gasteiger partial charge on any atom is 0.263 e. The minimum Gasteiger partial charge on any atom is -0.391 e. The first-order valence-corrected chi connectivity index (χ1v) is 8.49. The summed E-state index contributed by atoms with van der Waals surface area (Å²) in [7, 11) is -3.33. The smallest absolute Gasteiger partial charge is 0.263 e. The lowest BCUT2D eigenvalue weighted by Crippen LogP contribution is -2.36. The highest BCUT2D eigenvalue weighted by molar-refractivity contribution is 7.60. The molecule has 2 atom stereocenters. The van der Waals surface area contributed by atoms with E-state index in [0.29, 0.717) is 13.2 Å². The maximum absolute atomic E-state index is 12.9. The van der Waals surface area contributed by atoms with Crippen LogP contribution in [-0.2, 0) is 18.6 Å². The standard InChI is InChI=1S/C11H24ClO5P/c1-5-15-11(4,16-6-2)18(14,17-7-3)9-10(13)8-12/h10,13H,5-9H2,1-4H3/t10-,18?/m1/s1. The van der Waals surface area contributed by atoms with Gasteiger partial charge in [0.15, 0.2) is 0 Å². The molecule has 0 bridgehead atoms. The van der Waals surface area contributed by atoms with Crippen molar-refractivity contribution in [3.8, 4) is 0 Å². The molecule has 0 saturated carbocycles. The molecule has 1 N–H and O–H groups in total. The van der Waals surface area contributed by atoms with Crippen LogP contribution in [0.25, 0.3) is 0 Å². The van der Waals surface area contributed by atoms with Gasteiger partial charge >= 0.3 is 0 Å². The van der Waals surface area contributed by atoms with Crippen molar-refractivity contribution in [2.24, 2.45) is 0 Å². The Morgan fingerprint density at radius 2 is 1.72 bits per heavy atom. The largest absolute Gasteiger partial charge is 0.391 e. The van der Waals surface area contributed by atoms with E-state index in [9.17, 15) is 9.67 Å². The van der Waals surface area contributed by atoms with Crippen LogP contribution in [0.1, 0.15) is 27.7 Å². The Balaban J connectivity index is 5.16. The van der Waals surface area contributed by atoms with Gasteiger partial charge < -0.3 is 19.1 Å². The molecule has 0 heterocycles. The van der Waals surface area contributed by atoms with Crippen LogP contribution in [0.5, 0.6) is 0 Å². The van der Waals surface area contributed by atoms with Gasteiger partial charge in [0.2, 0.25) is 5.53 Å². The number of aliphatic hydroxyl groups excluding tert-OH is 1. The molecule has 0 rings (SSSR count).